The average Bonchev–Trinajstić information content (AvgIpc) is 2.89. The standard InChI is InChI=1S/C12H13N3O2S/c16-12(17)6-10(11-2-1-5-18-11)15-8-9-7-13-3-4-14-9/h1-5,7,10,15H,6,8H2,(H,16,17). The lowest BCUT2D eigenvalue weighted by Crippen LogP contribution is -2.23. The van der Waals surface area contributed by atoms with E-state index in [0.29, 0.717) is 6.54 Å². The van der Waals surface area contributed by atoms with Crippen LogP contribution in [-0.4, -0.2) is 21.0 Å². The van der Waals surface area contributed by atoms with Crippen molar-refractivity contribution in [2.45, 2.75) is 19.0 Å². The predicted molar refractivity (Wildman–Crippen MR) is 68.2 cm³/mol. The largest absolute Gasteiger partial charge is 0.481 e. The first-order valence-electron chi connectivity index (χ1n) is 5.49. The smallest absolute Gasteiger partial charge is 0.305 e. The molecule has 0 spiro atoms. The molecule has 2 rings (SSSR count). The first-order chi connectivity index (χ1) is 8.75. The molecular weight excluding hydrogens is 250 g/mol. The molecule has 94 valence electrons. The molecular formula is C12H13N3O2S. The van der Waals surface area contributed by atoms with E-state index in [2.05, 4.69) is 15.3 Å². The first-order valence-corrected chi connectivity index (χ1v) is 6.37. The van der Waals surface area contributed by atoms with Crippen molar-refractivity contribution < 1.29 is 9.90 Å². The van der Waals surface area contributed by atoms with Crippen LogP contribution < -0.4 is 5.32 Å². The van der Waals surface area contributed by atoms with Crippen LogP contribution in [0.3, 0.4) is 0 Å². The Balaban J connectivity index is 2.00. The summed E-state index contributed by atoms with van der Waals surface area (Å²) in [7, 11) is 0. The number of nitrogens with zero attached hydrogens (tertiary/aromatic N) is 2. The minimum absolute atomic E-state index is 0.0563. The zero-order chi connectivity index (χ0) is 12.8. The van der Waals surface area contributed by atoms with E-state index < -0.39 is 5.97 Å². The fourth-order valence-electron chi connectivity index (χ4n) is 1.59. The highest BCUT2D eigenvalue weighted by Crippen LogP contribution is 2.22. The molecule has 0 aliphatic rings. The maximum Gasteiger partial charge on any atom is 0.305 e. The molecule has 0 bridgehead atoms. The zero-order valence-corrected chi connectivity index (χ0v) is 10.4. The Kier molecular flexibility index (Phi) is 4.38. The number of carboxylic acids is 1. The normalized spacial score (nSPS) is 12.2. The van der Waals surface area contributed by atoms with Crippen molar-refractivity contribution in [3.05, 3.63) is 46.7 Å². The number of aromatic nitrogens is 2. The van der Waals surface area contributed by atoms with Gasteiger partial charge in [-0.1, -0.05) is 6.07 Å². The maximum absolute atomic E-state index is 10.9. The molecule has 1 atom stereocenters. The van der Waals surface area contributed by atoms with Crippen LogP contribution in [0.4, 0.5) is 0 Å². The Morgan fingerprint density at radius 2 is 2.39 bits per heavy atom. The topological polar surface area (TPSA) is 75.1 Å². The van der Waals surface area contributed by atoms with Crippen LogP contribution in [0, 0.1) is 0 Å². The third-order valence-electron chi connectivity index (χ3n) is 2.41. The number of rotatable bonds is 6. The molecule has 2 aromatic heterocycles. The summed E-state index contributed by atoms with van der Waals surface area (Å²) in [6.45, 7) is 0.504. The van der Waals surface area contributed by atoms with E-state index in [1.807, 2.05) is 17.5 Å². The van der Waals surface area contributed by atoms with Gasteiger partial charge < -0.3 is 10.4 Å². The summed E-state index contributed by atoms with van der Waals surface area (Å²) in [5.74, 6) is -0.819. The van der Waals surface area contributed by atoms with E-state index >= 15 is 0 Å². The van der Waals surface area contributed by atoms with Gasteiger partial charge in [-0.05, 0) is 11.4 Å². The summed E-state index contributed by atoms with van der Waals surface area (Å²) < 4.78 is 0. The number of hydrogen-bond donors (Lipinski definition) is 2. The molecule has 0 saturated heterocycles. The van der Waals surface area contributed by atoms with Gasteiger partial charge in [0.1, 0.15) is 0 Å². The number of carbonyl (C=O) groups is 1. The third kappa shape index (κ3) is 3.61. The molecule has 6 heteroatoms. The fraction of sp³-hybridized carbons (Fsp3) is 0.250. The van der Waals surface area contributed by atoms with Gasteiger partial charge in [0.2, 0.25) is 0 Å². The van der Waals surface area contributed by atoms with Crippen molar-refractivity contribution in [1.82, 2.24) is 15.3 Å². The molecule has 0 radical (unpaired) electrons. The molecule has 0 fully saturated rings. The van der Waals surface area contributed by atoms with Crippen LogP contribution in [0.15, 0.2) is 36.1 Å². The molecule has 18 heavy (non-hydrogen) atoms. The van der Waals surface area contributed by atoms with E-state index in [1.165, 1.54) is 0 Å². The van der Waals surface area contributed by atoms with Gasteiger partial charge in [0, 0.05) is 30.0 Å². The molecule has 5 nitrogen and oxygen atoms in total. The highest BCUT2D eigenvalue weighted by atomic mass is 32.1. The second-order valence-corrected chi connectivity index (χ2v) is 4.72. The molecule has 0 aliphatic carbocycles. The average molecular weight is 263 g/mol. The summed E-state index contributed by atoms with van der Waals surface area (Å²) in [5.41, 5.74) is 0.796. The van der Waals surface area contributed by atoms with Crippen LogP contribution in [0.2, 0.25) is 0 Å². The van der Waals surface area contributed by atoms with Gasteiger partial charge >= 0.3 is 5.97 Å². The number of carboxylic acid groups (broad SMARTS) is 1. The Labute approximate surface area is 109 Å². The summed E-state index contributed by atoms with van der Waals surface area (Å²) >= 11 is 1.55. The van der Waals surface area contributed by atoms with Gasteiger partial charge in [0.05, 0.1) is 18.2 Å². The van der Waals surface area contributed by atoms with Crippen molar-refractivity contribution in [2.24, 2.45) is 0 Å². The van der Waals surface area contributed by atoms with Gasteiger partial charge in [-0.2, -0.15) is 0 Å². The molecule has 0 saturated carbocycles. The van der Waals surface area contributed by atoms with Crippen LogP contribution in [0.1, 0.15) is 23.0 Å². The Hall–Kier alpha value is -1.79. The van der Waals surface area contributed by atoms with Crippen molar-refractivity contribution in [2.75, 3.05) is 0 Å². The summed E-state index contributed by atoms with van der Waals surface area (Å²) in [4.78, 5) is 20.0. The van der Waals surface area contributed by atoms with Crippen LogP contribution >= 0.6 is 11.3 Å². The van der Waals surface area contributed by atoms with Crippen LogP contribution in [0.25, 0.3) is 0 Å². The monoisotopic (exact) mass is 263 g/mol. The summed E-state index contributed by atoms with van der Waals surface area (Å²) in [6, 6.07) is 3.66. The van der Waals surface area contributed by atoms with Crippen LogP contribution in [0.5, 0.6) is 0 Å². The Bertz CT molecular complexity index is 487. The lowest BCUT2D eigenvalue weighted by atomic mass is 10.1. The van der Waals surface area contributed by atoms with Crippen molar-refractivity contribution in [1.29, 1.82) is 0 Å². The molecule has 2 heterocycles. The van der Waals surface area contributed by atoms with E-state index in [9.17, 15) is 4.79 Å². The lowest BCUT2D eigenvalue weighted by molar-refractivity contribution is -0.137. The number of nitrogens with one attached hydrogen (secondary N) is 1. The van der Waals surface area contributed by atoms with E-state index in [-0.39, 0.29) is 12.5 Å². The fourth-order valence-corrected chi connectivity index (χ4v) is 2.39. The molecule has 0 aliphatic heterocycles. The van der Waals surface area contributed by atoms with Gasteiger partial charge in [-0.3, -0.25) is 14.8 Å². The zero-order valence-electron chi connectivity index (χ0n) is 9.61. The van der Waals surface area contributed by atoms with Gasteiger partial charge in [-0.15, -0.1) is 11.3 Å². The molecule has 2 N–H and O–H groups in total. The first kappa shape index (κ1) is 12.7. The maximum atomic E-state index is 10.9. The second-order valence-electron chi connectivity index (χ2n) is 3.74. The predicted octanol–water partition coefficient (Wildman–Crippen LogP) is 1.84. The highest BCUT2D eigenvalue weighted by molar-refractivity contribution is 7.10. The molecule has 1 unspecified atom stereocenters. The summed E-state index contributed by atoms with van der Waals surface area (Å²) in [5, 5.41) is 14.1. The van der Waals surface area contributed by atoms with Gasteiger partial charge in [0.15, 0.2) is 0 Å². The van der Waals surface area contributed by atoms with Crippen molar-refractivity contribution >= 4 is 17.3 Å². The summed E-state index contributed by atoms with van der Waals surface area (Å²) in [6.07, 6.45) is 4.95. The lowest BCUT2D eigenvalue weighted by Gasteiger charge is -2.14. The molecule has 0 aromatic carbocycles. The van der Waals surface area contributed by atoms with E-state index in [1.54, 1.807) is 29.9 Å². The molecule has 0 amide bonds. The van der Waals surface area contributed by atoms with Crippen molar-refractivity contribution in [3.8, 4) is 0 Å². The Morgan fingerprint density at radius 3 is 3.00 bits per heavy atom. The SMILES string of the molecule is O=C(O)CC(NCc1cnccn1)c1cccs1. The quantitative estimate of drug-likeness (QED) is 0.831. The Morgan fingerprint density at radius 1 is 1.50 bits per heavy atom. The number of thiophene rings is 1. The third-order valence-corrected chi connectivity index (χ3v) is 3.40. The minimum atomic E-state index is -0.819. The van der Waals surface area contributed by atoms with E-state index in [0.717, 1.165) is 10.6 Å². The van der Waals surface area contributed by atoms with Crippen molar-refractivity contribution in [3.63, 3.8) is 0 Å². The van der Waals surface area contributed by atoms with Gasteiger partial charge in [0.25, 0.3) is 0 Å². The van der Waals surface area contributed by atoms with Crippen LogP contribution in [-0.2, 0) is 11.3 Å². The van der Waals surface area contributed by atoms with E-state index in [4.69, 9.17) is 5.11 Å². The highest BCUT2D eigenvalue weighted by Gasteiger charge is 2.16. The minimum Gasteiger partial charge on any atom is -0.481 e. The van der Waals surface area contributed by atoms with Gasteiger partial charge in [-0.25, -0.2) is 0 Å². The molecule has 2 aromatic rings. The number of aliphatic carboxylic acids is 1. The second kappa shape index (κ2) is 6.23. The number of hydrogen-bond acceptors (Lipinski definition) is 5.